The van der Waals surface area contributed by atoms with Crippen LogP contribution in [0.1, 0.15) is 26.3 Å². The summed E-state index contributed by atoms with van der Waals surface area (Å²) in [6.45, 7) is 7.29. The zero-order valence-corrected chi connectivity index (χ0v) is 19.6. The lowest BCUT2D eigenvalue weighted by Gasteiger charge is -2.28. The molecule has 2 unspecified atom stereocenters. The van der Waals surface area contributed by atoms with Crippen molar-refractivity contribution in [1.29, 1.82) is 0 Å². The minimum absolute atomic E-state index is 0.162. The molecule has 31 heavy (non-hydrogen) atoms. The highest BCUT2D eigenvalue weighted by atomic mass is 31.1. The number of rotatable bonds is 12. The average Bonchev–Trinajstić information content (AvgIpc) is 2.69. The SMILES string of the molecule is CC(=O)NC(C)(C)CP(C)C(=O)NCC(=O)NC(Cc1ccccc1)C(=O)NCCN. The fourth-order valence-electron chi connectivity index (χ4n) is 3.09. The summed E-state index contributed by atoms with van der Waals surface area (Å²) in [6.07, 6.45) is 0.801. The van der Waals surface area contributed by atoms with E-state index in [0.717, 1.165) is 5.56 Å². The lowest BCUT2D eigenvalue weighted by molar-refractivity contribution is -0.128. The molecule has 0 saturated carbocycles. The van der Waals surface area contributed by atoms with Crippen molar-refractivity contribution in [2.24, 2.45) is 5.73 Å². The van der Waals surface area contributed by atoms with Crippen LogP contribution in [0.2, 0.25) is 0 Å². The molecule has 9 nitrogen and oxygen atoms in total. The molecule has 10 heteroatoms. The van der Waals surface area contributed by atoms with Gasteiger partial charge >= 0.3 is 0 Å². The zero-order valence-electron chi connectivity index (χ0n) is 18.7. The lowest BCUT2D eigenvalue weighted by atomic mass is 10.1. The molecule has 0 aliphatic rings. The minimum atomic E-state index is -1.11. The normalized spacial score (nSPS) is 12.9. The molecule has 1 aromatic rings. The standard InChI is InChI=1S/C21H34N5O4P/c1-15(27)26-21(2,3)14-31(4)20(30)24-13-18(28)25-17(19(29)23-11-10-22)12-16-8-6-5-7-9-16/h5-9,17H,10-14,22H2,1-4H3,(H,23,29)(H,24,30)(H,25,28)(H,26,27). The van der Waals surface area contributed by atoms with E-state index >= 15 is 0 Å². The van der Waals surface area contributed by atoms with Gasteiger partial charge < -0.3 is 27.0 Å². The van der Waals surface area contributed by atoms with Gasteiger partial charge in [-0.1, -0.05) is 30.3 Å². The van der Waals surface area contributed by atoms with Crippen LogP contribution < -0.4 is 27.0 Å². The van der Waals surface area contributed by atoms with Gasteiger partial charge in [0, 0.05) is 32.0 Å². The second-order valence-electron chi connectivity index (χ2n) is 7.97. The van der Waals surface area contributed by atoms with Crippen molar-refractivity contribution in [3.05, 3.63) is 35.9 Å². The van der Waals surface area contributed by atoms with Crippen molar-refractivity contribution in [3.8, 4) is 0 Å². The van der Waals surface area contributed by atoms with E-state index < -0.39 is 25.4 Å². The van der Waals surface area contributed by atoms with Crippen LogP contribution in [0.5, 0.6) is 0 Å². The molecule has 0 aromatic heterocycles. The molecule has 6 N–H and O–H groups in total. The number of hydrogen-bond acceptors (Lipinski definition) is 5. The summed E-state index contributed by atoms with van der Waals surface area (Å²) in [4.78, 5) is 48.5. The maximum atomic E-state index is 12.4. The highest BCUT2D eigenvalue weighted by molar-refractivity contribution is 7.74. The van der Waals surface area contributed by atoms with E-state index in [9.17, 15) is 19.2 Å². The molecule has 0 spiro atoms. The first-order valence-electron chi connectivity index (χ1n) is 10.1. The molecule has 0 radical (unpaired) electrons. The Bertz CT molecular complexity index is 757. The molecule has 2 atom stereocenters. The van der Waals surface area contributed by atoms with E-state index in [-0.39, 0.29) is 24.0 Å². The molecule has 172 valence electrons. The number of amides is 4. The third kappa shape index (κ3) is 10.9. The third-order valence-electron chi connectivity index (χ3n) is 4.27. The van der Waals surface area contributed by atoms with Gasteiger partial charge in [0.15, 0.2) is 0 Å². The number of nitrogens with two attached hydrogens (primary N) is 1. The van der Waals surface area contributed by atoms with Gasteiger partial charge in [-0.3, -0.25) is 19.2 Å². The molecule has 1 rings (SSSR count). The number of nitrogens with one attached hydrogen (secondary N) is 4. The summed E-state index contributed by atoms with van der Waals surface area (Å²) < 4.78 is 0. The average molecular weight is 452 g/mol. The second kappa shape index (κ2) is 13.0. The van der Waals surface area contributed by atoms with Crippen LogP contribution >= 0.6 is 7.92 Å². The van der Waals surface area contributed by atoms with Gasteiger partial charge in [0.1, 0.15) is 6.04 Å². The van der Waals surface area contributed by atoms with Gasteiger partial charge in [0.25, 0.3) is 0 Å². The van der Waals surface area contributed by atoms with E-state index in [1.165, 1.54) is 6.92 Å². The smallest absolute Gasteiger partial charge is 0.242 e. The molecule has 0 fully saturated rings. The summed E-state index contributed by atoms with van der Waals surface area (Å²) in [5.74, 6) is -0.948. The molecular formula is C21H34N5O4P. The van der Waals surface area contributed by atoms with Crippen molar-refractivity contribution in [3.63, 3.8) is 0 Å². The van der Waals surface area contributed by atoms with Crippen molar-refractivity contribution in [2.75, 3.05) is 32.5 Å². The monoisotopic (exact) mass is 451 g/mol. The van der Waals surface area contributed by atoms with Crippen molar-refractivity contribution >= 4 is 31.3 Å². The van der Waals surface area contributed by atoms with Crippen molar-refractivity contribution < 1.29 is 19.2 Å². The summed E-state index contributed by atoms with van der Waals surface area (Å²) in [7, 11) is -1.11. The van der Waals surface area contributed by atoms with Gasteiger partial charge in [-0.15, -0.1) is 0 Å². The summed E-state index contributed by atoms with van der Waals surface area (Å²) in [6, 6.07) is 8.56. The molecule has 0 bridgehead atoms. The number of carbonyl (C=O) groups excluding carboxylic acids is 4. The Labute approximate surface area is 185 Å². The topological polar surface area (TPSA) is 142 Å². The highest BCUT2D eigenvalue weighted by Gasteiger charge is 2.26. The summed E-state index contributed by atoms with van der Waals surface area (Å²) in [5, 5.41) is 10.8. The Morgan fingerprint density at radius 3 is 2.32 bits per heavy atom. The second-order valence-corrected chi connectivity index (χ2v) is 10.1. The Balaban J connectivity index is 2.62. The van der Waals surface area contributed by atoms with E-state index in [2.05, 4.69) is 21.3 Å². The molecule has 0 saturated heterocycles. The molecule has 1 aromatic carbocycles. The highest BCUT2D eigenvalue weighted by Crippen LogP contribution is 2.35. The van der Waals surface area contributed by atoms with E-state index in [4.69, 9.17) is 5.73 Å². The van der Waals surface area contributed by atoms with Crippen LogP contribution in [0.25, 0.3) is 0 Å². The van der Waals surface area contributed by atoms with Crippen LogP contribution in [0.3, 0.4) is 0 Å². The summed E-state index contributed by atoms with van der Waals surface area (Å²) >= 11 is 0. The van der Waals surface area contributed by atoms with Crippen LogP contribution in [0.4, 0.5) is 4.79 Å². The van der Waals surface area contributed by atoms with E-state index in [1.54, 1.807) is 6.66 Å². The largest absolute Gasteiger partial charge is 0.353 e. The van der Waals surface area contributed by atoms with Crippen LogP contribution in [-0.4, -0.2) is 67.4 Å². The Morgan fingerprint density at radius 2 is 1.74 bits per heavy atom. The van der Waals surface area contributed by atoms with Crippen LogP contribution in [0.15, 0.2) is 30.3 Å². The first kappa shape index (κ1) is 26.5. The van der Waals surface area contributed by atoms with Crippen LogP contribution in [-0.2, 0) is 20.8 Å². The van der Waals surface area contributed by atoms with Crippen LogP contribution in [0, 0.1) is 0 Å². The fourth-order valence-corrected chi connectivity index (χ4v) is 4.85. The third-order valence-corrected chi connectivity index (χ3v) is 6.39. The molecular weight excluding hydrogens is 417 g/mol. The fraction of sp³-hybridized carbons (Fsp3) is 0.524. The quantitative estimate of drug-likeness (QED) is 0.295. The van der Waals surface area contributed by atoms with Gasteiger partial charge in [-0.25, -0.2) is 0 Å². The summed E-state index contributed by atoms with van der Waals surface area (Å²) in [5.41, 5.74) is 5.58. The molecule has 4 amide bonds. The first-order valence-corrected chi connectivity index (χ1v) is 12.1. The van der Waals surface area contributed by atoms with Gasteiger partial charge in [-0.05, 0) is 40.2 Å². The lowest BCUT2D eigenvalue weighted by Crippen LogP contribution is -2.51. The first-order chi connectivity index (χ1) is 14.5. The Hall–Kier alpha value is -2.51. The molecule has 0 aliphatic heterocycles. The Kier molecular flexibility index (Phi) is 11.1. The number of hydrogen-bond donors (Lipinski definition) is 5. The molecule has 0 aliphatic carbocycles. The number of benzene rings is 1. The van der Waals surface area contributed by atoms with Crippen molar-refractivity contribution in [1.82, 2.24) is 21.3 Å². The van der Waals surface area contributed by atoms with Gasteiger partial charge in [0.2, 0.25) is 23.4 Å². The minimum Gasteiger partial charge on any atom is -0.353 e. The van der Waals surface area contributed by atoms with E-state index in [1.807, 2.05) is 44.2 Å². The zero-order chi connectivity index (χ0) is 23.4. The maximum Gasteiger partial charge on any atom is 0.242 e. The number of carbonyl (C=O) groups is 4. The Morgan fingerprint density at radius 1 is 1.10 bits per heavy atom. The predicted molar refractivity (Wildman–Crippen MR) is 123 cm³/mol. The van der Waals surface area contributed by atoms with Gasteiger partial charge in [0.05, 0.1) is 6.54 Å². The predicted octanol–water partition coefficient (Wildman–Crippen LogP) is 0.525. The molecule has 0 heterocycles. The van der Waals surface area contributed by atoms with Gasteiger partial charge in [-0.2, -0.15) is 0 Å². The maximum absolute atomic E-state index is 12.4. The van der Waals surface area contributed by atoms with Crippen molar-refractivity contribution in [2.45, 2.75) is 38.8 Å². The van der Waals surface area contributed by atoms with E-state index in [0.29, 0.717) is 25.7 Å².